The van der Waals surface area contributed by atoms with E-state index in [1.54, 1.807) is 7.11 Å². The third-order valence-electron chi connectivity index (χ3n) is 3.59. The Morgan fingerprint density at radius 2 is 2.14 bits per heavy atom. The molecule has 0 spiro atoms. The van der Waals surface area contributed by atoms with Gasteiger partial charge in [-0.05, 0) is 30.5 Å². The molecule has 2 N–H and O–H groups in total. The van der Waals surface area contributed by atoms with E-state index in [0.29, 0.717) is 19.3 Å². The Morgan fingerprint density at radius 1 is 1.24 bits per heavy atom. The first kappa shape index (κ1) is 16.2. The number of hydrogen-bond acceptors (Lipinski definition) is 5. The van der Waals surface area contributed by atoms with Gasteiger partial charge in [0.25, 0.3) is 0 Å². The lowest BCUT2D eigenvalue weighted by Crippen LogP contribution is -2.49. The minimum Gasteiger partial charge on any atom is -0.467 e. The molecule has 0 saturated carbocycles. The minimum atomic E-state index is 0.261. The molecule has 0 radical (unpaired) electrons. The van der Waals surface area contributed by atoms with Gasteiger partial charge >= 0.3 is 0 Å². The fourth-order valence-corrected chi connectivity index (χ4v) is 2.38. The van der Waals surface area contributed by atoms with Crippen molar-refractivity contribution in [3.8, 4) is 5.75 Å². The Hall–Kier alpha value is -1.14. The van der Waals surface area contributed by atoms with E-state index in [2.05, 4.69) is 35.8 Å². The first-order valence-corrected chi connectivity index (χ1v) is 7.52. The van der Waals surface area contributed by atoms with Crippen LogP contribution in [-0.2, 0) is 15.9 Å². The molecule has 1 aromatic rings. The summed E-state index contributed by atoms with van der Waals surface area (Å²) in [6.07, 6.45) is 1.01. The Balaban J connectivity index is 1.84. The molecule has 1 aliphatic heterocycles. The Labute approximate surface area is 127 Å². The number of benzene rings is 1. The molecular weight excluding hydrogens is 268 g/mol. The fraction of sp³-hybridized carbons (Fsp3) is 0.625. The number of hydrogen-bond donors (Lipinski definition) is 2. The largest absolute Gasteiger partial charge is 0.467 e. The quantitative estimate of drug-likeness (QED) is 0.555. The molecule has 1 fully saturated rings. The van der Waals surface area contributed by atoms with Crippen LogP contribution in [-0.4, -0.2) is 52.8 Å². The van der Waals surface area contributed by atoms with E-state index in [4.69, 9.17) is 14.2 Å². The van der Waals surface area contributed by atoms with E-state index < -0.39 is 0 Å². The molecule has 2 rings (SSSR count). The zero-order valence-electron chi connectivity index (χ0n) is 13.0. The highest BCUT2D eigenvalue weighted by Gasteiger charge is 2.13. The molecular formula is C16H26N2O3. The Morgan fingerprint density at radius 3 is 2.90 bits per heavy atom. The van der Waals surface area contributed by atoms with Crippen molar-refractivity contribution in [1.29, 1.82) is 0 Å². The number of aryl methyl sites for hydroxylation is 1. The van der Waals surface area contributed by atoms with Crippen LogP contribution in [0.4, 0.5) is 0 Å². The molecule has 1 saturated heterocycles. The van der Waals surface area contributed by atoms with Crippen molar-refractivity contribution in [3.63, 3.8) is 0 Å². The molecule has 1 unspecified atom stereocenters. The lowest BCUT2D eigenvalue weighted by atomic mass is 10.0. The summed E-state index contributed by atoms with van der Waals surface area (Å²) in [5, 5.41) is 6.94. The van der Waals surface area contributed by atoms with E-state index in [-0.39, 0.29) is 6.79 Å². The van der Waals surface area contributed by atoms with Crippen LogP contribution in [0.2, 0.25) is 0 Å². The first-order chi connectivity index (χ1) is 10.3. The highest BCUT2D eigenvalue weighted by atomic mass is 16.7. The van der Waals surface area contributed by atoms with E-state index in [1.807, 2.05) is 0 Å². The highest BCUT2D eigenvalue weighted by molar-refractivity contribution is 5.37. The van der Waals surface area contributed by atoms with E-state index in [0.717, 1.165) is 37.4 Å². The average molecular weight is 294 g/mol. The maximum Gasteiger partial charge on any atom is 0.189 e. The molecule has 1 atom stereocenters. The lowest BCUT2D eigenvalue weighted by molar-refractivity contribution is -0.00878. The Bertz CT molecular complexity index is 420. The molecule has 5 heteroatoms. The summed E-state index contributed by atoms with van der Waals surface area (Å²) in [6, 6.07) is 6.89. The van der Waals surface area contributed by atoms with Crippen LogP contribution in [0.3, 0.4) is 0 Å². The summed E-state index contributed by atoms with van der Waals surface area (Å²) in [4.78, 5) is 0. The monoisotopic (exact) mass is 294 g/mol. The molecule has 0 aromatic heterocycles. The normalized spacial score (nSPS) is 18.7. The second-order valence-corrected chi connectivity index (χ2v) is 5.32. The molecule has 118 valence electrons. The first-order valence-electron chi connectivity index (χ1n) is 7.52. The zero-order chi connectivity index (χ0) is 14.9. The third kappa shape index (κ3) is 5.63. The van der Waals surface area contributed by atoms with E-state index in [1.165, 1.54) is 5.56 Å². The van der Waals surface area contributed by atoms with Gasteiger partial charge in [0.1, 0.15) is 5.75 Å². The van der Waals surface area contributed by atoms with Crippen molar-refractivity contribution in [2.24, 2.45) is 0 Å². The second kappa shape index (κ2) is 9.00. The summed E-state index contributed by atoms with van der Waals surface area (Å²) in [7, 11) is 1.66. The SMILES string of the molecule is COCCOCOc1cc(CC2CNCCN2)ccc1C. The molecule has 1 heterocycles. The standard InChI is InChI=1S/C16H26N2O3/c1-13-3-4-14(9-15-11-17-5-6-18-15)10-16(13)21-12-20-8-7-19-2/h3-4,10,15,17-18H,5-9,11-12H2,1-2H3. The van der Waals surface area contributed by atoms with Gasteiger partial charge in [0.15, 0.2) is 6.79 Å². The Kier molecular flexibility index (Phi) is 6.95. The van der Waals surface area contributed by atoms with E-state index in [9.17, 15) is 0 Å². The number of ether oxygens (including phenoxy) is 3. The summed E-state index contributed by atoms with van der Waals surface area (Å²) >= 11 is 0. The van der Waals surface area contributed by atoms with Crippen LogP contribution in [0.5, 0.6) is 5.75 Å². The number of piperazine rings is 1. The van der Waals surface area contributed by atoms with Crippen molar-refractivity contribution >= 4 is 0 Å². The lowest BCUT2D eigenvalue weighted by Gasteiger charge is -2.24. The molecule has 21 heavy (non-hydrogen) atoms. The van der Waals surface area contributed by atoms with Gasteiger partial charge < -0.3 is 24.8 Å². The van der Waals surface area contributed by atoms with Gasteiger partial charge in [0.2, 0.25) is 0 Å². The average Bonchev–Trinajstić information content (AvgIpc) is 2.51. The van der Waals surface area contributed by atoms with Crippen molar-refractivity contribution in [3.05, 3.63) is 29.3 Å². The molecule has 5 nitrogen and oxygen atoms in total. The van der Waals surface area contributed by atoms with Gasteiger partial charge in [-0.1, -0.05) is 12.1 Å². The van der Waals surface area contributed by atoms with Crippen LogP contribution < -0.4 is 15.4 Å². The topological polar surface area (TPSA) is 51.8 Å². The maximum atomic E-state index is 5.70. The predicted molar refractivity (Wildman–Crippen MR) is 82.9 cm³/mol. The second-order valence-electron chi connectivity index (χ2n) is 5.32. The van der Waals surface area contributed by atoms with Gasteiger partial charge in [-0.15, -0.1) is 0 Å². The van der Waals surface area contributed by atoms with Gasteiger partial charge in [0.05, 0.1) is 13.2 Å². The van der Waals surface area contributed by atoms with Crippen LogP contribution in [0, 0.1) is 6.92 Å². The zero-order valence-corrected chi connectivity index (χ0v) is 13.0. The van der Waals surface area contributed by atoms with Crippen molar-refractivity contribution in [1.82, 2.24) is 10.6 Å². The summed E-state index contributed by atoms with van der Waals surface area (Å²) in [6.45, 7) is 6.55. The van der Waals surface area contributed by atoms with Crippen LogP contribution in [0.15, 0.2) is 18.2 Å². The van der Waals surface area contributed by atoms with Crippen LogP contribution in [0.1, 0.15) is 11.1 Å². The number of methoxy groups -OCH3 is 1. The number of rotatable bonds is 8. The van der Waals surface area contributed by atoms with Gasteiger partial charge in [-0.3, -0.25) is 0 Å². The maximum absolute atomic E-state index is 5.70. The van der Waals surface area contributed by atoms with Crippen molar-refractivity contribution < 1.29 is 14.2 Å². The van der Waals surface area contributed by atoms with Crippen LogP contribution in [0.25, 0.3) is 0 Å². The van der Waals surface area contributed by atoms with Gasteiger partial charge in [-0.2, -0.15) is 0 Å². The summed E-state index contributed by atoms with van der Waals surface area (Å²) in [5.41, 5.74) is 2.41. The molecule has 0 aliphatic carbocycles. The molecule has 0 amide bonds. The summed E-state index contributed by atoms with van der Waals surface area (Å²) in [5.74, 6) is 0.897. The molecule has 1 aliphatic rings. The van der Waals surface area contributed by atoms with Crippen molar-refractivity contribution in [2.45, 2.75) is 19.4 Å². The van der Waals surface area contributed by atoms with Crippen LogP contribution >= 0.6 is 0 Å². The van der Waals surface area contributed by atoms with Crippen molar-refractivity contribution in [2.75, 3.05) is 46.8 Å². The highest BCUT2D eigenvalue weighted by Crippen LogP contribution is 2.20. The van der Waals surface area contributed by atoms with Gasteiger partial charge in [-0.25, -0.2) is 0 Å². The third-order valence-corrected chi connectivity index (χ3v) is 3.59. The van der Waals surface area contributed by atoms with Gasteiger partial charge in [0, 0.05) is 32.8 Å². The fourth-order valence-electron chi connectivity index (χ4n) is 2.38. The smallest absolute Gasteiger partial charge is 0.189 e. The minimum absolute atomic E-state index is 0.261. The summed E-state index contributed by atoms with van der Waals surface area (Å²) < 4.78 is 16.0. The number of nitrogens with one attached hydrogen (secondary N) is 2. The molecule has 1 aromatic carbocycles. The van der Waals surface area contributed by atoms with E-state index >= 15 is 0 Å². The molecule has 0 bridgehead atoms. The predicted octanol–water partition coefficient (Wildman–Crippen LogP) is 1.10.